The number of carbonyl (C=O) groups excluding carboxylic acids is 4. The number of rotatable bonds is 18. The number of hydrogen-bond acceptors (Lipinski definition) is 9. The SMILES string of the molecule is CC(C)C[C@H](NC(=O)[C@@H](NC(=O)[C@H](Cc1ccc(O)cc1)NC(=O)[C@@H](N)CC(=O)O)C(C)C)C(=O)N[C@@H](Cc1cnc[nH]1)C(=O)O. The summed E-state index contributed by atoms with van der Waals surface area (Å²) in [6.07, 6.45) is 2.13. The smallest absolute Gasteiger partial charge is 0.326 e. The van der Waals surface area contributed by atoms with E-state index in [1.807, 2.05) is 13.8 Å². The van der Waals surface area contributed by atoms with E-state index in [4.69, 9.17) is 10.8 Å². The van der Waals surface area contributed by atoms with Crippen LogP contribution in [0.25, 0.3) is 0 Å². The molecule has 46 heavy (non-hydrogen) atoms. The Morgan fingerprint density at radius 2 is 1.39 bits per heavy atom. The number of carbonyl (C=O) groups is 6. The summed E-state index contributed by atoms with van der Waals surface area (Å²) < 4.78 is 0. The van der Waals surface area contributed by atoms with Crippen molar-refractivity contribution in [3.8, 4) is 5.75 Å². The largest absolute Gasteiger partial charge is 0.508 e. The van der Waals surface area contributed by atoms with Crippen LogP contribution in [0.2, 0.25) is 0 Å². The molecule has 0 aliphatic carbocycles. The Hall–Kier alpha value is -4.99. The van der Waals surface area contributed by atoms with Crippen molar-refractivity contribution in [2.75, 3.05) is 0 Å². The molecular formula is C30H43N7O9. The van der Waals surface area contributed by atoms with Gasteiger partial charge in [-0.25, -0.2) is 9.78 Å². The molecule has 1 heterocycles. The highest BCUT2D eigenvalue weighted by Crippen LogP contribution is 2.13. The van der Waals surface area contributed by atoms with Crippen LogP contribution in [-0.4, -0.2) is 91.1 Å². The number of nitrogens with one attached hydrogen (secondary N) is 5. The third-order valence-corrected chi connectivity index (χ3v) is 6.92. The fourth-order valence-electron chi connectivity index (χ4n) is 4.48. The molecule has 4 amide bonds. The average molecular weight is 646 g/mol. The number of nitrogens with zero attached hydrogens (tertiary/aromatic N) is 1. The molecule has 0 saturated carbocycles. The number of nitrogens with two attached hydrogens (primary N) is 1. The molecule has 1 aromatic heterocycles. The highest BCUT2D eigenvalue weighted by Gasteiger charge is 2.33. The van der Waals surface area contributed by atoms with Crippen LogP contribution in [0.5, 0.6) is 5.75 Å². The van der Waals surface area contributed by atoms with Gasteiger partial charge in [-0.1, -0.05) is 39.8 Å². The fourth-order valence-corrected chi connectivity index (χ4v) is 4.48. The zero-order valence-electron chi connectivity index (χ0n) is 26.1. The zero-order chi connectivity index (χ0) is 34.6. The average Bonchev–Trinajstić information content (AvgIpc) is 3.48. The number of amides is 4. The van der Waals surface area contributed by atoms with Crippen LogP contribution in [0.4, 0.5) is 0 Å². The predicted octanol–water partition coefficient (Wildman–Crippen LogP) is -0.572. The first-order valence-corrected chi connectivity index (χ1v) is 14.7. The summed E-state index contributed by atoms with van der Waals surface area (Å²) in [7, 11) is 0. The van der Waals surface area contributed by atoms with Crippen molar-refractivity contribution in [2.45, 2.75) is 83.6 Å². The molecule has 16 heteroatoms. The van der Waals surface area contributed by atoms with Gasteiger partial charge in [-0.15, -0.1) is 0 Å². The second-order valence-corrected chi connectivity index (χ2v) is 11.7. The summed E-state index contributed by atoms with van der Waals surface area (Å²) in [5, 5.41) is 38.4. The number of phenols is 1. The molecule has 0 aliphatic rings. The molecule has 10 N–H and O–H groups in total. The molecule has 5 atom stereocenters. The summed E-state index contributed by atoms with van der Waals surface area (Å²) >= 11 is 0. The Morgan fingerprint density at radius 3 is 1.91 bits per heavy atom. The highest BCUT2D eigenvalue weighted by molar-refractivity contribution is 5.96. The van der Waals surface area contributed by atoms with E-state index >= 15 is 0 Å². The van der Waals surface area contributed by atoms with Gasteiger partial charge in [-0.3, -0.25) is 24.0 Å². The number of benzene rings is 1. The van der Waals surface area contributed by atoms with Gasteiger partial charge in [0.25, 0.3) is 0 Å². The normalized spacial score (nSPS) is 14.4. The first-order valence-electron chi connectivity index (χ1n) is 14.7. The summed E-state index contributed by atoms with van der Waals surface area (Å²) in [6.45, 7) is 6.95. The van der Waals surface area contributed by atoms with Crippen molar-refractivity contribution >= 4 is 35.6 Å². The third-order valence-electron chi connectivity index (χ3n) is 6.92. The van der Waals surface area contributed by atoms with Crippen LogP contribution in [-0.2, 0) is 41.6 Å². The second kappa shape index (κ2) is 17.5. The first kappa shape index (κ1) is 37.2. The zero-order valence-corrected chi connectivity index (χ0v) is 26.1. The summed E-state index contributed by atoms with van der Waals surface area (Å²) in [5.41, 5.74) is 6.71. The Morgan fingerprint density at radius 1 is 0.804 bits per heavy atom. The number of aromatic hydroxyl groups is 1. The molecule has 0 bridgehead atoms. The van der Waals surface area contributed by atoms with E-state index in [1.165, 1.54) is 36.8 Å². The number of aromatic amines is 1. The second-order valence-electron chi connectivity index (χ2n) is 11.7. The van der Waals surface area contributed by atoms with E-state index in [9.17, 15) is 39.0 Å². The van der Waals surface area contributed by atoms with Gasteiger partial charge >= 0.3 is 11.9 Å². The van der Waals surface area contributed by atoms with Crippen LogP contribution in [0, 0.1) is 11.8 Å². The van der Waals surface area contributed by atoms with Gasteiger partial charge in [0.1, 0.15) is 29.9 Å². The Kier molecular flexibility index (Phi) is 14.1. The van der Waals surface area contributed by atoms with E-state index in [0.29, 0.717) is 11.3 Å². The van der Waals surface area contributed by atoms with Gasteiger partial charge in [-0.2, -0.15) is 0 Å². The summed E-state index contributed by atoms with van der Waals surface area (Å²) in [5.74, 6) is -6.34. The Labute approximate surface area is 265 Å². The van der Waals surface area contributed by atoms with Crippen molar-refractivity contribution in [3.63, 3.8) is 0 Å². The Bertz CT molecular complexity index is 1350. The van der Waals surface area contributed by atoms with Gasteiger partial charge in [0.2, 0.25) is 23.6 Å². The number of phenolic OH excluding ortho intramolecular Hbond substituents is 1. The van der Waals surface area contributed by atoms with E-state index in [-0.39, 0.29) is 30.9 Å². The van der Waals surface area contributed by atoms with Gasteiger partial charge < -0.3 is 47.3 Å². The number of carboxylic acid groups (broad SMARTS) is 2. The molecule has 1 aromatic carbocycles. The summed E-state index contributed by atoms with van der Waals surface area (Å²) in [4.78, 5) is 82.5. The minimum absolute atomic E-state index is 0.0234. The van der Waals surface area contributed by atoms with Crippen LogP contribution < -0.4 is 27.0 Å². The maximum absolute atomic E-state index is 13.5. The van der Waals surface area contributed by atoms with Gasteiger partial charge in [0.15, 0.2) is 0 Å². The standard InChI is InChI=1S/C30H43N7O9/c1-15(2)9-21(27(42)36-23(30(45)46)11-18-13-32-14-33-18)35-29(44)25(16(3)4)37-28(43)22(10-17-5-7-19(38)8-6-17)34-26(41)20(31)12-24(39)40/h5-8,13-16,20-23,25,38H,9-12,31H2,1-4H3,(H,32,33)(H,34,41)(H,35,44)(H,36,42)(H,37,43)(H,39,40)(H,45,46)/t20-,21-,22-,23-,25-/m0/s1. The van der Waals surface area contributed by atoms with Crippen LogP contribution in [0.15, 0.2) is 36.8 Å². The minimum atomic E-state index is -1.45. The van der Waals surface area contributed by atoms with E-state index in [0.717, 1.165) is 0 Å². The molecule has 252 valence electrons. The van der Waals surface area contributed by atoms with E-state index in [1.54, 1.807) is 13.8 Å². The molecule has 0 fully saturated rings. The number of aliphatic carboxylic acids is 2. The molecule has 2 rings (SSSR count). The number of aromatic nitrogens is 2. The number of imidazole rings is 1. The predicted molar refractivity (Wildman–Crippen MR) is 164 cm³/mol. The fraction of sp³-hybridized carbons (Fsp3) is 0.500. The lowest BCUT2D eigenvalue weighted by Crippen LogP contribution is -2.60. The first-order chi connectivity index (χ1) is 21.6. The van der Waals surface area contributed by atoms with Crippen LogP contribution in [0.3, 0.4) is 0 Å². The number of H-pyrrole nitrogens is 1. The van der Waals surface area contributed by atoms with Crippen molar-refractivity contribution in [2.24, 2.45) is 17.6 Å². The monoisotopic (exact) mass is 645 g/mol. The quantitative estimate of drug-likeness (QED) is 0.0990. The number of hydrogen-bond donors (Lipinski definition) is 9. The van der Waals surface area contributed by atoms with Crippen LogP contribution >= 0.6 is 0 Å². The minimum Gasteiger partial charge on any atom is -0.508 e. The molecule has 2 aromatic rings. The Balaban J connectivity index is 2.24. The summed E-state index contributed by atoms with van der Waals surface area (Å²) in [6, 6.07) is -0.564. The lowest BCUT2D eigenvalue weighted by molar-refractivity contribution is -0.142. The molecule has 16 nitrogen and oxygen atoms in total. The van der Waals surface area contributed by atoms with Crippen molar-refractivity contribution in [1.82, 2.24) is 31.2 Å². The maximum atomic E-state index is 13.5. The highest BCUT2D eigenvalue weighted by atomic mass is 16.4. The molecule has 0 radical (unpaired) electrons. The maximum Gasteiger partial charge on any atom is 0.326 e. The molecule has 0 unspecified atom stereocenters. The molecular weight excluding hydrogens is 602 g/mol. The van der Waals surface area contributed by atoms with Crippen LogP contribution in [0.1, 0.15) is 51.8 Å². The molecule has 0 aliphatic heterocycles. The molecule has 0 spiro atoms. The van der Waals surface area contributed by atoms with Crippen molar-refractivity contribution in [3.05, 3.63) is 48.0 Å². The molecule has 0 saturated heterocycles. The lowest BCUT2D eigenvalue weighted by Gasteiger charge is -2.28. The third kappa shape index (κ3) is 12.2. The topological polar surface area (TPSA) is 266 Å². The lowest BCUT2D eigenvalue weighted by atomic mass is 9.98. The van der Waals surface area contributed by atoms with Crippen molar-refractivity contribution in [1.29, 1.82) is 0 Å². The van der Waals surface area contributed by atoms with E-state index < -0.39 is 78.1 Å². The van der Waals surface area contributed by atoms with Crippen molar-refractivity contribution < 1.29 is 44.1 Å². The van der Waals surface area contributed by atoms with Gasteiger partial charge in [-0.05, 0) is 36.0 Å². The van der Waals surface area contributed by atoms with Gasteiger partial charge in [0, 0.05) is 24.7 Å². The van der Waals surface area contributed by atoms with Gasteiger partial charge in [0.05, 0.1) is 18.8 Å². The van der Waals surface area contributed by atoms with E-state index in [2.05, 4.69) is 31.2 Å². The number of carboxylic acids is 2.